The van der Waals surface area contributed by atoms with Crippen molar-refractivity contribution >= 4 is 11.6 Å². The Morgan fingerprint density at radius 3 is 2.79 bits per heavy atom. The third-order valence-electron chi connectivity index (χ3n) is 3.62. The second kappa shape index (κ2) is 7.25. The summed E-state index contributed by atoms with van der Waals surface area (Å²) in [6.45, 7) is 0.740. The molecule has 3 aromatic rings. The second-order valence-corrected chi connectivity index (χ2v) is 5.37. The van der Waals surface area contributed by atoms with Gasteiger partial charge in [-0.25, -0.2) is 0 Å². The number of nitrogens with one attached hydrogen (secondary N) is 1. The number of carbonyl (C=O) groups is 1. The predicted molar refractivity (Wildman–Crippen MR) is 91.5 cm³/mol. The van der Waals surface area contributed by atoms with Gasteiger partial charge in [0.05, 0.1) is 23.5 Å². The monoisotopic (exact) mass is 316 g/mol. The maximum atomic E-state index is 12.2. The average Bonchev–Trinajstić information content (AvgIpc) is 3.08. The molecule has 1 N–H and O–H groups in total. The minimum absolute atomic E-state index is 0.255. The average molecular weight is 316 g/mol. The summed E-state index contributed by atoms with van der Waals surface area (Å²) in [7, 11) is 0. The molecular weight excluding hydrogens is 300 g/mol. The van der Waals surface area contributed by atoms with E-state index in [0.29, 0.717) is 16.8 Å². The Morgan fingerprint density at radius 2 is 2.00 bits per heavy atom. The molecule has 0 atom stereocenters. The zero-order valence-electron chi connectivity index (χ0n) is 13.0. The number of rotatable bonds is 5. The Labute approximate surface area is 140 Å². The van der Waals surface area contributed by atoms with E-state index in [1.54, 1.807) is 41.3 Å². The maximum absolute atomic E-state index is 12.2. The van der Waals surface area contributed by atoms with Crippen LogP contribution >= 0.6 is 0 Å². The van der Waals surface area contributed by atoms with Crippen LogP contribution in [0.25, 0.3) is 0 Å². The molecule has 118 valence electrons. The molecule has 3 rings (SSSR count). The Kier molecular flexibility index (Phi) is 4.68. The van der Waals surface area contributed by atoms with Crippen molar-refractivity contribution in [3.8, 4) is 6.07 Å². The van der Waals surface area contributed by atoms with Gasteiger partial charge in [-0.1, -0.05) is 36.4 Å². The molecule has 1 heterocycles. The van der Waals surface area contributed by atoms with E-state index in [1.807, 2.05) is 24.3 Å². The smallest absolute Gasteiger partial charge is 0.255 e. The number of nitriles is 1. The first-order valence-corrected chi connectivity index (χ1v) is 7.62. The van der Waals surface area contributed by atoms with Gasteiger partial charge in [-0.05, 0) is 30.2 Å². The van der Waals surface area contributed by atoms with E-state index in [-0.39, 0.29) is 5.91 Å². The van der Waals surface area contributed by atoms with Crippen LogP contribution in [0.15, 0.2) is 67.0 Å². The molecule has 2 aromatic carbocycles. The summed E-state index contributed by atoms with van der Waals surface area (Å²) in [6.07, 6.45) is 4.30. The zero-order chi connectivity index (χ0) is 16.8. The van der Waals surface area contributed by atoms with Crippen molar-refractivity contribution in [1.29, 1.82) is 5.26 Å². The van der Waals surface area contributed by atoms with Crippen molar-refractivity contribution in [2.75, 3.05) is 5.32 Å². The van der Waals surface area contributed by atoms with E-state index < -0.39 is 0 Å². The molecule has 5 heteroatoms. The van der Waals surface area contributed by atoms with Gasteiger partial charge in [0.15, 0.2) is 0 Å². The van der Waals surface area contributed by atoms with Crippen molar-refractivity contribution in [3.05, 3.63) is 83.7 Å². The van der Waals surface area contributed by atoms with E-state index in [1.165, 1.54) is 5.56 Å². The van der Waals surface area contributed by atoms with E-state index in [4.69, 9.17) is 5.26 Å². The molecule has 0 aliphatic carbocycles. The van der Waals surface area contributed by atoms with Crippen LogP contribution in [0.4, 0.5) is 5.69 Å². The van der Waals surface area contributed by atoms with Crippen molar-refractivity contribution in [1.82, 2.24) is 9.78 Å². The van der Waals surface area contributed by atoms with Gasteiger partial charge in [0, 0.05) is 18.3 Å². The first-order valence-electron chi connectivity index (χ1n) is 7.62. The highest BCUT2D eigenvalue weighted by molar-refractivity contribution is 6.04. The van der Waals surface area contributed by atoms with Crippen molar-refractivity contribution < 1.29 is 4.79 Å². The lowest BCUT2D eigenvalue weighted by molar-refractivity contribution is 0.102. The number of hydrogen-bond donors (Lipinski definition) is 1. The van der Waals surface area contributed by atoms with E-state index >= 15 is 0 Å². The molecule has 0 radical (unpaired) electrons. The van der Waals surface area contributed by atoms with E-state index in [2.05, 4.69) is 22.5 Å². The Balaban J connectivity index is 1.61. The van der Waals surface area contributed by atoms with Crippen LogP contribution in [0, 0.1) is 11.3 Å². The van der Waals surface area contributed by atoms with Crippen LogP contribution in [0.3, 0.4) is 0 Å². The van der Waals surface area contributed by atoms with Crippen LogP contribution in [0.2, 0.25) is 0 Å². The molecule has 5 nitrogen and oxygen atoms in total. The Hall–Kier alpha value is -3.39. The number of hydrogen-bond acceptors (Lipinski definition) is 3. The van der Waals surface area contributed by atoms with Crippen molar-refractivity contribution in [3.63, 3.8) is 0 Å². The minimum Gasteiger partial charge on any atom is -0.319 e. The summed E-state index contributed by atoms with van der Waals surface area (Å²) in [6, 6.07) is 18.8. The standard InChI is InChI=1S/C19H16N4O/c20-12-16-7-4-8-17(11-16)19(24)22-18-13-21-23(14-18)10-9-15-5-2-1-3-6-15/h1-8,11,13-14H,9-10H2,(H,22,24). The third kappa shape index (κ3) is 3.87. The Bertz CT molecular complexity index is 878. The molecule has 1 aromatic heterocycles. The highest BCUT2D eigenvalue weighted by Crippen LogP contribution is 2.11. The third-order valence-corrected chi connectivity index (χ3v) is 3.62. The van der Waals surface area contributed by atoms with Crippen LogP contribution in [0.5, 0.6) is 0 Å². The lowest BCUT2D eigenvalue weighted by atomic mass is 10.1. The topological polar surface area (TPSA) is 70.7 Å². The molecule has 0 aliphatic rings. The molecule has 24 heavy (non-hydrogen) atoms. The van der Waals surface area contributed by atoms with Crippen LogP contribution in [-0.4, -0.2) is 15.7 Å². The van der Waals surface area contributed by atoms with Crippen LogP contribution in [-0.2, 0) is 13.0 Å². The van der Waals surface area contributed by atoms with Gasteiger partial charge >= 0.3 is 0 Å². The lowest BCUT2D eigenvalue weighted by Gasteiger charge is -2.03. The highest BCUT2D eigenvalue weighted by atomic mass is 16.1. The highest BCUT2D eigenvalue weighted by Gasteiger charge is 2.08. The fourth-order valence-corrected chi connectivity index (χ4v) is 2.37. The van der Waals surface area contributed by atoms with Gasteiger partial charge in [-0.3, -0.25) is 9.48 Å². The molecule has 0 spiro atoms. The number of amides is 1. The minimum atomic E-state index is -0.255. The van der Waals surface area contributed by atoms with Gasteiger partial charge in [0.2, 0.25) is 0 Å². The van der Waals surface area contributed by atoms with Gasteiger partial charge in [0.25, 0.3) is 5.91 Å². The Morgan fingerprint density at radius 1 is 1.17 bits per heavy atom. The summed E-state index contributed by atoms with van der Waals surface area (Å²) >= 11 is 0. The number of carbonyl (C=O) groups excluding carboxylic acids is 1. The molecule has 1 amide bonds. The summed E-state index contributed by atoms with van der Waals surface area (Å²) in [5, 5.41) is 16.0. The fourth-order valence-electron chi connectivity index (χ4n) is 2.37. The van der Waals surface area contributed by atoms with E-state index in [0.717, 1.165) is 13.0 Å². The largest absolute Gasteiger partial charge is 0.319 e. The van der Waals surface area contributed by atoms with Gasteiger partial charge in [0.1, 0.15) is 0 Å². The van der Waals surface area contributed by atoms with Crippen molar-refractivity contribution in [2.45, 2.75) is 13.0 Å². The maximum Gasteiger partial charge on any atom is 0.255 e. The number of aromatic nitrogens is 2. The van der Waals surface area contributed by atoms with Crippen molar-refractivity contribution in [2.24, 2.45) is 0 Å². The number of benzene rings is 2. The molecule has 0 saturated heterocycles. The molecule has 0 fully saturated rings. The summed E-state index contributed by atoms with van der Waals surface area (Å²) < 4.78 is 1.80. The summed E-state index contributed by atoms with van der Waals surface area (Å²) in [5.74, 6) is -0.255. The second-order valence-electron chi connectivity index (χ2n) is 5.37. The fraction of sp³-hybridized carbons (Fsp3) is 0.105. The van der Waals surface area contributed by atoms with E-state index in [9.17, 15) is 4.79 Å². The first-order chi connectivity index (χ1) is 11.7. The molecule has 0 aliphatic heterocycles. The van der Waals surface area contributed by atoms with Crippen LogP contribution in [0.1, 0.15) is 21.5 Å². The lowest BCUT2D eigenvalue weighted by Crippen LogP contribution is -2.11. The number of anilines is 1. The molecular formula is C19H16N4O. The van der Waals surface area contributed by atoms with Gasteiger partial charge in [-0.2, -0.15) is 10.4 Å². The quantitative estimate of drug-likeness (QED) is 0.785. The predicted octanol–water partition coefficient (Wildman–Crippen LogP) is 3.25. The number of aryl methyl sites for hydroxylation is 2. The molecule has 0 saturated carbocycles. The summed E-state index contributed by atoms with van der Waals surface area (Å²) in [4.78, 5) is 12.2. The van der Waals surface area contributed by atoms with Crippen LogP contribution < -0.4 is 5.32 Å². The van der Waals surface area contributed by atoms with Gasteiger partial charge < -0.3 is 5.32 Å². The number of nitrogens with zero attached hydrogens (tertiary/aromatic N) is 3. The molecule has 0 bridgehead atoms. The van der Waals surface area contributed by atoms with Gasteiger partial charge in [-0.15, -0.1) is 0 Å². The zero-order valence-corrected chi connectivity index (χ0v) is 13.0. The normalized spacial score (nSPS) is 10.1. The molecule has 0 unspecified atom stereocenters. The SMILES string of the molecule is N#Cc1cccc(C(=O)Nc2cnn(CCc3ccccc3)c2)c1. The first kappa shape index (κ1) is 15.5. The summed E-state index contributed by atoms with van der Waals surface area (Å²) in [5.41, 5.74) is 2.79.